The first kappa shape index (κ1) is 23.5. The second kappa shape index (κ2) is 10.1. The lowest BCUT2D eigenvalue weighted by atomic mass is 9.71. The molecule has 1 aliphatic rings. The Hall–Kier alpha value is -3.28. The maximum atomic E-state index is 10.3. The minimum Gasteiger partial charge on any atom is -0.424 e. The van der Waals surface area contributed by atoms with Gasteiger partial charge in [0, 0.05) is 12.3 Å². The van der Waals surface area contributed by atoms with Crippen LogP contribution in [0.25, 0.3) is 0 Å². The van der Waals surface area contributed by atoms with E-state index in [1.54, 1.807) is 0 Å². The Labute approximate surface area is 207 Å². The summed E-state index contributed by atoms with van der Waals surface area (Å²) in [6.07, 6.45) is 2.70. The van der Waals surface area contributed by atoms with Crippen LogP contribution in [0, 0.1) is 6.92 Å². The molecule has 1 N–H and O–H groups in total. The van der Waals surface area contributed by atoms with Gasteiger partial charge in [-0.25, -0.2) is 0 Å². The molecule has 2 heterocycles. The number of benzene rings is 3. The van der Waals surface area contributed by atoms with Gasteiger partial charge in [0.1, 0.15) is 0 Å². The van der Waals surface area contributed by atoms with E-state index in [0.29, 0.717) is 11.8 Å². The van der Waals surface area contributed by atoms with Gasteiger partial charge in [-0.1, -0.05) is 91.0 Å². The number of hydrogen-bond acceptors (Lipinski definition) is 5. The van der Waals surface area contributed by atoms with Crippen molar-refractivity contribution in [3.63, 3.8) is 0 Å². The van der Waals surface area contributed by atoms with E-state index in [-0.39, 0.29) is 12.0 Å². The van der Waals surface area contributed by atoms with Crippen LogP contribution in [-0.4, -0.2) is 46.4 Å². The van der Waals surface area contributed by atoms with Crippen molar-refractivity contribution in [2.45, 2.75) is 37.0 Å². The normalized spacial score (nSPS) is 16.3. The fourth-order valence-electron chi connectivity index (χ4n) is 5.58. The second-order valence-electron chi connectivity index (χ2n) is 9.66. The number of piperidine rings is 1. The molecule has 4 aromatic rings. The van der Waals surface area contributed by atoms with Crippen molar-refractivity contribution in [1.29, 1.82) is 0 Å². The zero-order chi connectivity index (χ0) is 24.1. The Morgan fingerprint density at radius 3 is 1.86 bits per heavy atom. The molecule has 0 saturated carbocycles. The molecule has 1 fully saturated rings. The molecular formula is C30H33N3O2. The second-order valence-corrected chi connectivity index (χ2v) is 9.66. The van der Waals surface area contributed by atoms with Gasteiger partial charge in [0.05, 0.1) is 12.0 Å². The average molecular weight is 468 g/mol. The monoisotopic (exact) mass is 467 g/mol. The van der Waals surface area contributed by atoms with Gasteiger partial charge >= 0.3 is 0 Å². The van der Waals surface area contributed by atoms with Crippen molar-refractivity contribution in [3.8, 4) is 0 Å². The summed E-state index contributed by atoms with van der Waals surface area (Å²) in [6, 6.07) is 31.5. The third kappa shape index (κ3) is 4.54. The zero-order valence-corrected chi connectivity index (χ0v) is 20.3. The number of aromatic nitrogens is 2. The largest absolute Gasteiger partial charge is 0.424 e. The number of hydrogen-bond donors (Lipinski definition) is 1. The van der Waals surface area contributed by atoms with Crippen LogP contribution in [0.5, 0.6) is 0 Å². The summed E-state index contributed by atoms with van der Waals surface area (Å²) in [7, 11) is 0. The van der Waals surface area contributed by atoms with Gasteiger partial charge in [-0.3, -0.25) is 0 Å². The van der Waals surface area contributed by atoms with E-state index in [9.17, 15) is 5.11 Å². The molecule has 5 heteroatoms. The lowest BCUT2D eigenvalue weighted by Gasteiger charge is -2.42. The molecule has 5 nitrogen and oxygen atoms in total. The number of aryl methyl sites for hydroxylation is 1. The van der Waals surface area contributed by atoms with Crippen molar-refractivity contribution in [1.82, 2.24) is 15.1 Å². The lowest BCUT2D eigenvalue weighted by molar-refractivity contribution is 0.0975. The van der Waals surface area contributed by atoms with Crippen LogP contribution in [0.2, 0.25) is 0 Å². The number of likely N-dealkylation sites (tertiary alicyclic amines) is 1. The van der Waals surface area contributed by atoms with E-state index in [0.717, 1.165) is 50.0 Å². The molecule has 0 aliphatic carbocycles. The topological polar surface area (TPSA) is 62.4 Å². The Morgan fingerprint density at radius 2 is 1.37 bits per heavy atom. The molecule has 0 radical (unpaired) electrons. The van der Waals surface area contributed by atoms with E-state index in [1.807, 2.05) is 25.1 Å². The van der Waals surface area contributed by atoms with E-state index >= 15 is 0 Å². The summed E-state index contributed by atoms with van der Waals surface area (Å²) < 4.78 is 6.13. The van der Waals surface area contributed by atoms with Crippen LogP contribution in [-0.2, 0) is 10.8 Å². The Balaban J connectivity index is 1.44. The van der Waals surface area contributed by atoms with E-state index in [2.05, 4.69) is 87.9 Å². The highest BCUT2D eigenvalue weighted by atomic mass is 16.4. The van der Waals surface area contributed by atoms with Crippen LogP contribution < -0.4 is 0 Å². The number of aliphatic hydroxyl groups is 1. The predicted octanol–water partition coefficient (Wildman–Crippen LogP) is 5.13. The van der Waals surface area contributed by atoms with Crippen molar-refractivity contribution < 1.29 is 9.52 Å². The fraction of sp³-hybridized carbons (Fsp3) is 0.333. The van der Waals surface area contributed by atoms with Gasteiger partial charge in [-0.05, 0) is 55.6 Å². The smallest absolute Gasteiger partial charge is 0.231 e. The summed E-state index contributed by atoms with van der Waals surface area (Å²) in [5.74, 6) is 1.21. The molecule has 35 heavy (non-hydrogen) atoms. The molecule has 180 valence electrons. The highest BCUT2D eigenvalue weighted by molar-refractivity contribution is 5.45. The maximum absolute atomic E-state index is 10.3. The first-order valence-corrected chi connectivity index (χ1v) is 12.5. The predicted molar refractivity (Wildman–Crippen MR) is 137 cm³/mol. The molecule has 1 saturated heterocycles. The first-order valence-electron chi connectivity index (χ1n) is 12.5. The minimum absolute atomic E-state index is 0.155. The summed E-state index contributed by atoms with van der Waals surface area (Å²) in [5, 5.41) is 19.1. The van der Waals surface area contributed by atoms with Crippen molar-refractivity contribution in [2.24, 2.45) is 0 Å². The van der Waals surface area contributed by atoms with Gasteiger partial charge in [-0.15, -0.1) is 10.2 Å². The molecule has 5 rings (SSSR count). The number of nitrogens with zero attached hydrogens (tertiary/aromatic N) is 3. The standard InChI is InChI=1S/C30H33N3O2/c1-24-31-32-28(35-24)30(26-13-7-3-8-14-26,27-15-9-4-10-16-27)19-22-33-20-17-29(23-34,18-21-33)25-11-5-2-6-12-25/h2-16,34H,17-23H2,1H3. The third-order valence-electron chi connectivity index (χ3n) is 7.73. The molecule has 0 spiro atoms. The van der Waals surface area contributed by atoms with Gasteiger partial charge < -0.3 is 14.4 Å². The fourth-order valence-corrected chi connectivity index (χ4v) is 5.58. The van der Waals surface area contributed by atoms with Crippen LogP contribution in [0.4, 0.5) is 0 Å². The van der Waals surface area contributed by atoms with Crippen molar-refractivity contribution >= 4 is 0 Å². The van der Waals surface area contributed by atoms with Gasteiger partial charge in [0.25, 0.3) is 0 Å². The SMILES string of the molecule is Cc1nnc(C(CCN2CCC(CO)(c3ccccc3)CC2)(c2ccccc2)c2ccccc2)o1. The molecule has 1 aliphatic heterocycles. The summed E-state index contributed by atoms with van der Waals surface area (Å²) in [4.78, 5) is 2.51. The van der Waals surface area contributed by atoms with Crippen molar-refractivity contribution in [2.75, 3.05) is 26.2 Å². The van der Waals surface area contributed by atoms with Crippen molar-refractivity contribution in [3.05, 3.63) is 119 Å². The number of rotatable bonds is 8. The summed E-state index contributed by atoms with van der Waals surface area (Å²) in [6.45, 7) is 4.81. The molecule has 0 amide bonds. The molecule has 1 aromatic heterocycles. The quantitative estimate of drug-likeness (QED) is 0.389. The van der Waals surface area contributed by atoms with E-state index in [4.69, 9.17) is 4.42 Å². The Bertz CT molecular complexity index is 1160. The first-order chi connectivity index (χ1) is 17.2. The van der Waals surface area contributed by atoms with Gasteiger partial charge in [-0.2, -0.15) is 0 Å². The van der Waals surface area contributed by atoms with Gasteiger partial charge in [0.15, 0.2) is 0 Å². The lowest BCUT2D eigenvalue weighted by Crippen LogP contribution is -2.46. The number of aliphatic hydroxyl groups excluding tert-OH is 1. The Kier molecular flexibility index (Phi) is 6.80. The van der Waals surface area contributed by atoms with Crippen LogP contribution >= 0.6 is 0 Å². The summed E-state index contributed by atoms with van der Waals surface area (Å²) >= 11 is 0. The minimum atomic E-state index is -0.533. The molecule has 0 bridgehead atoms. The molecule has 0 unspecified atom stereocenters. The van der Waals surface area contributed by atoms with Gasteiger partial charge in [0.2, 0.25) is 11.8 Å². The van der Waals surface area contributed by atoms with E-state index < -0.39 is 5.41 Å². The molecule has 0 atom stereocenters. The maximum Gasteiger partial charge on any atom is 0.231 e. The highest BCUT2D eigenvalue weighted by Crippen LogP contribution is 2.42. The van der Waals surface area contributed by atoms with Crippen LogP contribution in [0.3, 0.4) is 0 Å². The highest BCUT2D eigenvalue weighted by Gasteiger charge is 2.42. The van der Waals surface area contributed by atoms with Crippen LogP contribution in [0.15, 0.2) is 95.4 Å². The summed E-state index contributed by atoms with van der Waals surface area (Å²) in [5.41, 5.74) is 2.86. The van der Waals surface area contributed by atoms with Crippen LogP contribution in [0.1, 0.15) is 47.7 Å². The third-order valence-corrected chi connectivity index (χ3v) is 7.73. The Morgan fingerprint density at radius 1 is 0.829 bits per heavy atom. The average Bonchev–Trinajstić information content (AvgIpc) is 3.37. The molecule has 3 aromatic carbocycles. The van der Waals surface area contributed by atoms with E-state index in [1.165, 1.54) is 5.56 Å². The molecular weight excluding hydrogens is 434 g/mol. The zero-order valence-electron chi connectivity index (χ0n) is 20.3.